The van der Waals surface area contributed by atoms with Crippen LogP contribution in [0.25, 0.3) is 0 Å². The first-order valence-electron chi connectivity index (χ1n) is 9.23. The van der Waals surface area contributed by atoms with E-state index in [1.54, 1.807) is 33.4 Å². The molecule has 0 bridgehead atoms. The molecule has 2 aromatic rings. The molecule has 0 heterocycles. The summed E-state index contributed by atoms with van der Waals surface area (Å²) in [5, 5.41) is 6.40. The molecule has 9 heteroatoms. The van der Waals surface area contributed by atoms with E-state index in [1.165, 1.54) is 0 Å². The van der Waals surface area contributed by atoms with Gasteiger partial charge < -0.3 is 24.8 Å². The topological polar surface area (TPSA) is 64.1 Å². The first kappa shape index (κ1) is 23.3. The number of rotatable bonds is 9. The predicted octanol–water partition coefficient (Wildman–Crippen LogP) is 3.65. The minimum atomic E-state index is -4.32. The van der Waals surface area contributed by atoms with Gasteiger partial charge in [0, 0.05) is 25.7 Å². The van der Waals surface area contributed by atoms with E-state index in [9.17, 15) is 13.2 Å². The van der Waals surface area contributed by atoms with E-state index in [0.29, 0.717) is 36.1 Å². The fourth-order valence-corrected chi connectivity index (χ4v) is 2.72. The van der Waals surface area contributed by atoms with Crippen LogP contribution in [-0.2, 0) is 24.4 Å². The molecule has 0 spiro atoms. The molecule has 0 unspecified atom stereocenters. The molecule has 164 valence electrons. The quantitative estimate of drug-likeness (QED) is 0.474. The Labute approximate surface area is 174 Å². The van der Waals surface area contributed by atoms with Gasteiger partial charge in [0.25, 0.3) is 0 Å². The summed E-state index contributed by atoms with van der Waals surface area (Å²) in [5.41, 5.74) is 2.55. The third kappa shape index (κ3) is 7.47. The Kier molecular flexibility index (Phi) is 8.79. The second kappa shape index (κ2) is 11.3. The number of ether oxygens (including phenoxy) is 3. The zero-order chi connectivity index (χ0) is 22.0. The number of guanidine groups is 1. The Bertz CT molecular complexity index is 824. The van der Waals surface area contributed by atoms with Crippen LogP contribution in [-0.4, -0.2) is 40.0 Å². The zero-order valence-electron chi connectivity index (χ0n) is 17.2. The maximum atomic E-state index is 12.1. The van der Waals surface area contributed by atoms with Gasteiger partial charge in [-0.25, -0.2) is 0 Å². The second-order valence-corrected chi connectivity index (χ2v) is 6.36. The molecule has 0 saturated heterocycles. The highest BCUT2D eigenvalue weighted by molar-refractivity contribution is 5.79. The van der Waals surface area contributed by atoms with E-state index in [4.69, 9.17) is 9.47 Å². The van der Waals surface area contributed by atoms with Crippen LogP contribution in [0.1, 0.15) is 16.7 Å². The van der Waals surface area contributed by atoms with Gasteiger partial charge in [-0.15, -0.1) is 0 Å². The Hall–Kier alpha value is -2.94. The maximum absolute atomic E-state index is 12.1. The van der Waals surface area contributed by atoms with E-state index in [2.05, 4.69) is 20.4 Å². The number of aliphatic imine (C=N–C) groups is 1. The summed E-state index contributed by atoms with van der Waals surface area (Å²) in [6, 6.07) is 12.8. The number of halogens is 3. The number of hydrogen-bond acceptors (Lipinski definition) is 4. The first-order valence-corrected chi connectivity index (χ1v) is 9.23. The van der Waals surface area contributed by atoms with Gasteiger partial charge >= 0.3 is 6.18 Å². The van der Waals surface area contributed by atoms with E-state index in [1.807, 2.05) is 30.3 Å². The van der Waals surface area contributed by atoms with E-state index in [-0.39, 0.29) is 6.61 Å². The van der Waals surface area contributed by atoms with Crippen LogP contribution >= 0.6 is 0 Å². The lowest BCUT2D eigenvalue weighted by atomic mass is 10.1. The highest BCUT2D eigenvalue weighted by atomic mass is 19.4. The number of alkyl halides is 3. The Morgan fingerprint density at radius 1 is 0.933 bits per heavy atom. The van der Waals surface area contributed by atoms with Gasteiger partial charge in [0.15, 0.2) is 17.5 Å². The molecule has 2 rings (SSSR count). The Balaban J connectivity index is 1.85. The number of para-hydroxylation sites is 1. The van der Waals surface area contributed by atoms with Crippen LogP contribution in [0.5, 0.6) is 11.5 Å². The summed E-state index contributed by atoms with van der Waals surface area (Å²) in [6.07, 6.45) is -4.32. The molecule has 0 fully saturated rings. The van der Waals surface area contributed by atoms with E-state index < -0.39 is 12.8 Å². The average molecular weight is 425 g/mol. The normalized spacial score (nSPS) is 11.9. The monoisotopic (exact) mass is 425 g/mol. The zero-order valence-corrected chi connectivity index (χ0v) is 17.2. The van der Waals surface area contributed by atoms with E-state index >= 15 is 0 Å². The van der Waals surface area contributed by atoms with Crippen molar-refractivity contribution in [3.8, 4) is 11.5 Å². The fourth-order valence-electron chi connectivity index (χ4n) is 2.72. The standard InChI is InChI=1S/C21H26F3N3O3/c1-25-20(27-12-17-5-4-6-18(28-2)19(17)29-3)26-11-15-7-9-16(10-8-15)13-30-14-21(22,23)24/h4-10H,11-14H2,1-3H3,(H2,25,26,27). The van der Waals surface area contributed by atoms with Crippen molar-refractivity contribution < 1.29 is 27.4 Å². The van der Waals surface area contributed by atoms with E-state index in [0.717, 1.165) is 11.1 Å². The van der Waals surface area contributed by atoms with Crippen molar-refractivity contribution in [1.29, 1.82) is 0 Å². The molecule has 30 heavy (non-hydrogen) atoms. The molecule has 2 N–H and O–H groups in total. The maximum Gasteiger partial charge on any atom is 0.411 e. The van der Waals surface area contributed by atoms with Crippen molar-refractivity contribution in [2.75, 3.05) is 27.9 Å². The molecule has 0 aliphatic heterocycles. The number of benzene rings is 2. The van der Waals surface area contributed by atoms with Gasteiger partial charge in [0.1, 0.15) is 6.61 Å². The molecule has 0 aliphatic carbocycles. The summed E-state index contributed by atoms with van der Waals surface area (Å²) in [5.74, 6) is 1.91. The largest absolute Gasteiger partial charge is 0.493 e. The van der Waals surface area contributed by atoms with Gasteiger partial charge in [0.05, 0.1) is 20.8 Å². The second-order valence-electron chi connectivity index (χ2n) is 6.36. The van der Waals surface area contributed by atoms with Gasteiger partial charge in [-0.1, -0.05) is 36.4 Å². The summed E-state index contributed by atoms with van der Waals surface area (Å²) < 4.78 is 51.7. The van der Waals surface area contributed by atoms with Gasteiger partial charge in [-0.2, -0.15) is 13.2 Å². The van der Waals surface area contributed by atoms with Gasteiger partial charge in [0.2, 0.25) is 0 Å². The molecule has 0 radical (unpaired) electrons. The predicted molar refractivity (Wildman–Crippen MR) is 109 cm³/mol. The van der Waals surface area contributed by atoms with Crippen LogP contribution in [0.3, 0.4) is 0 Å². The minimum absolute atomic E-state index is 0.0845. The molecule has 0 aliphatic rings. The molecular weight excluding hydrogens is 399 g/mol. The SMILES string of the molecule is CN=C(NCc1ccc(COCC(F)(F)F)cc1)NCc1cccc(OC)c1OC. The highest BCUT2D eigenvalue weighted by Crippen LogP contribution is 2.30. The molecule has 0 aromatic heterocycles. The lowest BCUT2D eigenvalue weighted by molar-refractivity contribution is -0.176. The third-order valence-electron chi connectivity index (χ3n) is 4.17. The number of nitrogens with one attached hydrogen (secondary N) is 2. The van der Waals surface area contributed by atoms with Crippen molar-refractivity contribution in [3.05, 3.63) is 59.2 Å². The average Bonchev–Trinajstić information content (AvgIpc) is 2.73. The van der Waals surface area contributed by atoms with Crippen LogP contribution in [0.4, 0.5) is 13.2 Å². The molecule has 6 nitrogen and oxygen atoms in total. The summed E-state index contributed by atoms with van der Waals surface area (Å²) in [7, 11) is 4.84. The fraction of sp³-hybridized carbons (Fsp3) is 0.381. The van der Waals surface area contributed by atoms with Gasteiger partial charge in [-0.05, 0) is 17.2 Å². The van der Waals surface area contributed by atoms with Crippen molar-refractivity contribution in [2.45, 2.75) is 25.9 Å². The third-order valence-corrected chi connectivity index (χ3v) is 4.17. The van der Waals surface area contributed by atoms with Crippen molar-refractivity contribution in [1.82, 2.24) is 10.6 Å². The first-order chi connectivity index (χ1) is 14.4. The summed E-state index contributed by atoms with van der Waals surface area (Å²) >= 11 is 0. The van der Waals surface area contributed by atoms with Crippen LogP contribution in [0.15, 0.2) is 47.5 Å². The van der Waals surface area contributed by atoms with Crippen LogP contribution in [0, 0.1) is 0 Å². The molecule has 2 aromatic carbocycles. The molecule has 0 amide bonds. The van der Waals surface area contributed by atoms with Crippen molar-refractivity contribution >= 4 is 5.96 Å². The lowest BCUT2D eigenvalue weighted by Gasteiger charge is -2.15. The van der Waals surface area contributed by atoms with Crippen molar-refractivity contribution in [3.63, 3.8) is 0 Å². The summed E-state index contributed by atoms with van der Waals surface area (Å²) in [4.78, 5) is 4.19. The minimum Gasteiger partial charge on any atom is -0.493 e. The summed E-state index contributed by atoms with van der Waals surface area (Å²) in [6.45, 7) is -0.358. The van der Waals surface area contributed by atoms with Crippen molar-refractivity contribution in [2.24, 2.45) is 4.99 Å². The van der Waals surface area contributed by atoms with Crippen LogP contribution in [0.2, 0.25) is 0 Å². The Morgan fingerprint density at radius 3 is 2.20 bits per heavy atom. The number of hydrogen-bond donors (Lipinski definition) is 2. The lowest BCUT2D eigenvalue weighted by Crippen LogP contribution is -2.36. The number of nitrogens with zero attached hydrogens (tertiary/aromatic N) is 1. The smallest absolute Gasteiger partial charge is 0.411 e. The number of methoxy groups -OCH3 is 2. The van der Waals surface area contributed by atoms with Crippen LogP contribution < -0.4 is 20.1 Å². The highest BCUT2D eigenvalue weighted by Gasteiger charge is 2.27. The van der Waals surface area contributed by atoms with Gasteiger partial charge in [-0.3, -0.25) is 4.99 Å². The molecule has 0 atom stereocenters. The molecular formula is C21H26F3N3O3. The Morgan fingerprint density at radius 2 is 1.60 bits per heavy atom. The molecule has 0 saturated carbocycles.